The fraction of sp³-hybridized carbons (Fsp3) is 0.333. The van der Waals surface area contributed by atoms with E-state index in [4.69, 9.17) is 23.2 Å². The molecule has 2 amide bonds. The second kappa shape index (κ2) is 14.2. The number of hydrogen-bond acceptors (Lipinski definition) is 6. The molecule has 0 spiro atoms. The van der Waals surface area contributed by atoms with E-state index in [9.17, 15) is 28.1 Å². The number of amides is 2. The first-order chi connectivity index (χ1) is 20.5. The van der Waals surface area contributed by atoms with Crippen molar-refractivity contribution in [3.8, 4) is 0 Å². The van der Waals surface area contributed by atoms with Gasteiger partial charge in [0.2, 0.25) is 11.8 Å². The molecule has 43 heavy (non-hydrogen) atoms. The Morgan fingerprint density at radius 3 is 2.35 bits per heavy atom. The molecule has 4 rings (SSSR count). The molecule has 1 N–H and O–H groups in total. The first-order valence-electron chi connectivity index (χ1n) is 13.8. The van der Waals surface area contributed by atoms with E-state index in [0.29, 0.717) is 10.6 Å². The molecule has 0 saturated heterocycles. The van der Waals surface area contributed by atoms with E-state index >= 15 is 0 Å². The van der Waals surface area contributed by atoms with E-state index in [-0.39, 0.29) is 39.8 Å². The number of halogens is 2. The Labute approximate surface area is 260 Å². The summed E-state index contributed by atoms with van der Waals surface area (Å²) in [6.07, 6.45) is 4.78. The molecule has 3 aromatic rings. The van der Waals surface area contributed by atoms with Gasteiger partial charge in [-0.15, -0.1) is 0 Å². The number of hydrogen-bond donors (Lipinski definition) is 1. The summed E-state index contributed by atoms with van der Waals surface area (Å²) in [4.78, 5) is 39.5. The minimum atomic E-state index is -4.36. The predicted molar refractivity (Wildman–Crippen MR) is 166 cm³/mol. The average molecular weight is 648 g/mol. The van der Waals surface area contributed by atoms with Crippen LogP contribution in [0, 0.1) is 10.1 Å². The largest absolute Gasteiger partial charge is 0.352 e. The van der Waals surface area contributed by atoms with Crippen molar-refractivity contribution in [1.82, 2.24) is 10.2 Å². The number of nitro groups is 1. The highest BCUT2D eigenvalue weighted by Gasteiger charge is 2.34. The fourth-order valence-corrected chi connectivity index (χ4v) is 6.89. The van der Waals surface area contributed by atoms with Crippen molar-refractivity contribution in [3.05, 3.63) is 98.5 Å². The van der Waals surface area contributed by atoms with Gasteiger partial charge >= 0.3 is 0 Å². The van der Waals surface area contributed by atoms with E-state index in [1.165, 1.54) is 53.4 Å². The number of carbonyl (C=O) groups is 2. The topological polar surface area (TPSA) is 130 Å². The second-order valence-electron chi connectivity index (χ2n) is 10.4. The minimum Gasteiger partial charge on any atom is -0.352 e. The maximum absolute atomic E-state index is 14.1. The van der Waals surface area contributed by atoms with Gasteiger partial charge in [0, 0.05) is 34.8 Å². The lowest BCUT2D eigenvalue weighted by Gasteiger charge is -2.33. The zero-order valence-corrected chi connectivity index (χ0v) is 25.8. The summed E-state index contributed by atoms with van der Waals surface area (Å²) in [5, 5.41) is 15.2. The standard InChI is InChI=1S/C30H32Cl2N4O6S/c1-21(30(38)33-24-9-4-2-5-10-24)34(19-22-15-16-23(31)17-28(22)32)29(37)20-35(25-11-8-12-26(18-25)36(39)40)43(41,42)27-13-6-3-7-14-27/h3,6-8,11-18,21,24H,2,4-5,9-10,19-20H2,1H3,(H,33,38)/t21-/m0/s1. The normalized spacial score (nSPS) is 14.5. The number of benzene rings is 3. The first kappa shape index (κ1) is 32.2. The lowest BCUT2D eigenvalue weighted by atomic mass is 9.95. The van der Waals surface area contributed by atoms with Crippen LogP contribution in [0.25, 0.3) is 0 Å². The summed E-state index contributed by atoms with van der Waals surface area (Å²) in [5.74, 6) is -1.08. The van der Waals surface area contributed by atoms with Crippen LogP contribution in [0.15, 0.2) is 77.7 Å². The minimum absolute atomic E-state index is 0.0143. The fourth-order valence-electron chi connectivity index (χ4n) is 4.99. The number of sulfonamides is 1. The summed E-state index contributed by atoms with van der Waals surface area (Å²) < 4.78 is 28.5. The van der Waals surface area contributed by atoms with Crippen LogP contribution in [0.2, 0.25) is 10.0 Å². The highest BCUT2D eigenvalue weighted by Crippen LogP contribution is 2.29. The quantitative estimate of drug-likeness (QED) is 0.202. The van der Waals surface area contributed by atoms with Gasteiger partial charge in [0.1, 0.15) is 12.6 Å². The molecule has 0 heterocycles. The van der Waals surface area contributed by atoms with Gasteiger partial charge < -0.3 is 10.2 Å². The van der Waals surface area contributed by atoms with Crippen molar-refractivity contribution in [3.63, 3.8) is 0 Å². The third kappa shape index (κ3) is 8.04. The van der Waals surface area contributed by atoms with Gasteiger partial charge in [-0.05, 0) is 55.7 Å². The molecule has 1 fully saturated rings. The Balaban J connectivity index is 1.72. The third-order valence-corrected chi connectivity index (χ3v) is 9.79. The van der Waals surface area contributed by atoms with Gasteiger partial charge in [-0.1, -0.05) is 72.8 Å². The molecular formula is C30H32Cl2N4O6S. The SMILES string of the molecule is C[C@@H](C(=O)NC1CCCCC1)N(Cc1ccc(Cl)cc1Cl)C(=O)CN(c1cccc([N+](=O)[O-])c1)S(=O)(=O)c1ccccc1. The van der Waals surface area contributed by atoms with Crippen molar-refractivity contribution in [2.45, 2.75) is 62.6 Å². The molecule has 1 aliphatic carbocycles. The zero-order chi connectivity index (χ0) is 31.1. The Kier molecular flexibility index (Phi) is 10.6. The number of nitrogens with zero attached hydrogens (tertiary/aromatic N) is 3. The highest BCUT2D eigenvalue weighted by molar-refractivity contribution is 7.92. The van der Waals surface area contributed by atoms with Crippen LogP contribution in [-0.4, -0.2) is 48.7 Å². The lowest BCUT2D eigenvalue weighted by Crippen LogP contribution is -2.53. The van der Waals surface area contributed by atoms with Crippen molar-refractivity contribution >= 4 is 56.4 Å². The Bertz CT molecular complexity index is 1580. The predicted octanol–water partition coefficient (Wildman–Crippen LogP) is 5.96. The van der Waals surface area contributed by atoms with Crippen LogP contribution in [0.4, 0.5) is 11.4 Å². The zero-order valence-electron chi connectivity index (χ0n) is 23.5. The van der Waals surface area contributed by atoms with Crippen molar-refractivity contribution in [1.29, 1.82) is 0 Å². The number of nitro benzene ring substituents is 1. The molecule has 0 aromatic heterocycles. The molecule has 0 radical (unpaired) electrons. The maximum atomic E-state index is 14.1. The van der Waals surface area contributed by atoms with E-state index in [1.807, 2.05) is 0 Å². The van der Waals surface area contributed by atoms with Gasteiger partial charge in [0.05, 0.1) is 15.5 Å². The molecule has 228 valence electrons. The van der Waals surface area contributed by atoms with Crippen LogP contribution in [0.5, 0.6) is 0 Å². The van der Waals surface area contributed by atoms with E-state index in [0.717, 1.165) is 42.5 Å². The lowest BCUT2D eigenvalue weighted by molar-refractivity contribution is -0.384. The monoisotopic (exact) mass is 646 g/mol. The summed E-state index contributed by atoms with van der Waals surface area (Å²) in [7, 11) is -4.36. The van der Waals surface area contributed by atoms with Crippen LogP contribution >= 0.6 is 23.2 Å². The molecule has 0 bridgehead atoms. The molecule has 1 aliphatic rings. The Hall–Kier alpha value is -3.67. The van der Waals surface area contributed by atoms with Gasteiger partial charge in [-0.2, -0.15) is 0 Å². The Morgan fingerprint density at radius 2 is 1.70 bits per heavy atom. The summed E-state index contributed by atoms with van der Waals surface area (Å²) in [5.41, 5.74) is 0.0861. The number of nitrogens with one attached hydrogen (secondary N) is 1. The summed E-state index contributed by atoms with van der Waals surface area (Å²) in [6.45, 7) is 0.732. The van der Waals surface area contributed by atoms with E-state index < -0.39 is 33.4 Å². The van der Waals surface area contributed by atoms with Crippen molar-refractivity contribution in [2.24, 2.45) is 0 Å². The Morgan fingerprint density at radius 1 is 1.00 bits per heavy atom. The number of rotatable bonds is 11. The van der Waals surface area contributed by atoms with Crippen LogP contribution < -0.4 is 9.62 Å². The molecule has 0 unspecified atom stereocenters. The molecule has 0 aliphatic heterocycles. The number of carbonyl (C=O) groups excluding carboxylic acids is 2. The van der Waals surface area contributed by atoms with Crippen LogP contribution in [0.1, 0.15) is 44.6 Å². The van der Waals surface area contributed by atoms with Crippen LogP contribution in [-0.2, 0) is 26.2 Å². The molecule has 1 atom stereocenters. The van der Waals surface area contributed by atoms with E-state index in [2.05, 4.69) is 5.32 Å². The van der Waals surface area contributed by atoms with Gasteiger partial charge in [0.25, 0.3) is 15.7 Å². The third-order valence-electron chi connectivity index (χ3n) is 7.41. The first-order valence-corrected chi connectivity index (χ1v) is 16.0. The molecule has 3 aromatic carbocycles. The smallest absolute Gasteiger partial charge is 0.271 e. The molecule has 13 heteroatoms. The van der Waals surface area contributed by atoms with Gasteiger partial charge in [0.15, 0.2) is 0 Å². The summed E-state index contributed by atoms with van der Waals surface area (Å²) >= 11 is 12.5. The van der Waals surface area contributed by atoms with Gasteiger partial charge in [-0.25, -0.2) is 8.42 Å². The number of non-ortho nitro benzene ring substituents is 1. The second-order valence-corrected chi connectivity index (χ2v) is 13.1. The van der Waals surface area contributed by atoms with E-state index in [1.54, 1.807) is 25.1 Å². The highest BCUT2D eigenvalue weighted by atomic mass is 35.5. The van der Waals surface area contributed by atoms with Crippen LogP contribution in [0.3, 0.4) is 0 Å². The maximum Gasteiger partial charge on any atom is 0.271 e. The number of anilines is 1. The van der Waals surface area contributed by atoms with Crippen molar-refractivity contribution < 1.29 is 22.9 Å². The summed E-state index contributed by atoms with van der Waals surface area (Å²) in [6, 6.07) is 16.2. The van der Waals surface area contributed by atoms with Crippen molar-refractivity contribution in [2.75, 3.05) is 10.8 Å². The molecular weight excluding hydrogens is 615 g/mol. The molecule has 1 saturated carbocycles. The average Bonchev–Trinajstić information content (AvgIpc) is 3.00. The van der Waals surface area contributed by atoms with Gasteiger partial charge in [-0.3, -0.25) is 24.0 Å². The molecule has 10 nitrogen and oxygen atoms in total.